The van der Waals surface area contributed by atoms with Crippen LogP contribution in [0.1, 0.15) is 46.7 Å². The van der Waals surface area contributed by atoms with Crippen molar-refractivity contribution < 1.29 is 23.3 Å². The van der Waals surface area contributed by atoms with Crippen LogP contribution in [0.5, 0.6) is 0 Å². The molecule has 2 aromatic rings. The molecule has 0 radical (unpaired) electrons. The van der Waals surface area contributed by atoms with E-state index < -0.39 is 0 Å². The minimum absolute atomic E-state index is 0.0363. The summed E-state index contributed by atoms with van der Waals surface area (Å²) in [6.07, 6.45) is 1.32. The van der Waals surface area contributed by atoms with Crippen molar-refractivity contribution >= 4 is 11.8 Å². The number of rotatable bonds is 7. The molecule has 2 aromatic heterocycles. The second-order valence-corrected chi connectivity index (χ2v) is 8.61. The van der Waals surface area contributed by atoms with E-state index in [1.165, 1.54) is 0 Å². The van der Waals surface area contributed by atoms with Crippen LogP contribution in [0.15, 0.2) is 21.1 Å². The average molecular weight is 445 g/mol. The van der Waals surface area contributed by atoms with E-state index in [-0.39, 0.29) is 17.9 Å². The van der Waals surface area contributed by atoms with Crippen LogP contribution in [-0.2, 0) is 16.0 Å². The third kappa shape index (κ3) is 5.05. The largest absolute Gasteiger partial charge is 0.456 e. The number of ether oxygens (including phenoxy) is 1. The molecule has 174 valence electrons. The van der Waals surface area contributed by atoms with Crippen molar-refractivity contribution in [2.24, 2.45) is 0 Å². The molecule has 32 heavy (non-hydrogen) atoms. The van der Waals surface area contributed by atoms with Gasteiger partial charge in [0, 0.05) is 58.2 Å². The molecule has 1 atom stereocenters. The van der Waals surface area contributed by atoms with Crippen molar-refractivity contribution in [3.8, 4) is 0 Å². The number of hydrogen-bond donors (Lipinski definition) is 0. The zero-order valence-corrected chi connectivity index (χ0v) is 19.1. The first-order chi connectivity index (χ1) is 15.4. The SMILES string of the molecule is CC(=O)N(CCN1CCOCC1)C1CCN(C(=O)c2ccc(Cc3c(C)noc3C)o2)C1. The summed E-state index contributed by atoms with van der Waals surface area (Å²) in [5.41, 5.74) is 1.81. The van der Waals surface area contributed by atoms with E-state index in [2.05, 4.69) is 10.1 Å². The lowest BCUT2D eigenvalue weighted by Gasteiger charge is -2.32. The molecule has 0 spiro atoms. The molecule has 9 nitrogen and oxygen atoms in total. The molecule has 0 aliphatic carbocycles. The molecule has 0 saturated carbocycles. The molecule has 0 N–H and O–H groups in total. The summed E-state index contributed by atoms with van der Waals surface area (Å²) >= 11 is 0. The molecule has 0 aromatic carbocycles. The third-order valence-corrected chi connectivity index (χ3v) is 6.46. The molecule has 9 heteroatoms. The Morgan fingerprint density at radius 1 is 1.19 bits per heavy atom. The first kappa shape index (κ1) is 22.5. The molecule has 2 amide bonds. The van der Waals surface area contributed by atoms with Gasteiger partial charge in [0.25, 0.3) is 5.91 Å². The molecule has 2 saturated heterocycles. The molecular formula is C23H32N4O5. The van der Waals surface area contributed by atoms with Gasteiger partial charge in [0.1, 0.15) is 11.5 Å². The number of furan rings is 1. The molecule has 2 aliphatic heterocycles. The fourth-order valence-corrected chi connectivity index (χ4v) is 4.52. The number of likely N-dealkylation sites (tertiary alicyclic amines) is 1. The Morgan fingerprint density at radius 2 is 1.97 bits per heavy atom. The molecule has 4 heterocycles. The van der Waals surface area contributed by atoms with E-state index in [0.29, 0.717) is 37.6 Å². The minimum atomic E-state index is -0.130. The van der Waals surface area contributed by atoms with Crippen molar-refractivity contribution in [3.63, 3.8) is 0 Å². The van der Waals surface area contributed by atoms with Gasteiger partial charge < -0.3 is 23.5 Å². The highest BCUT2D eigenvalue weighted by molar-refractivity contribution is 5.91. The Hall–Kier alpha value is -2.65. The highest BCUT2D eigenvalue weighted by atomic mass is 16.5. The number of carbonyl (C=O) groups excluding carboxylic acids is 2. The van der Waals surface area contributed by atoms with Gasteiger partial charge in [0.05, 0.1) is 24.9 Å². The quantitative estimate of drug-likeness (QED) is 0.644. The minimum Gasteiger partial charge on any atom is -0.456 e. The summed E-state index contributed by atoms with van der Waals surface area (Å²) in [5.74, 6) is 1.71. The Balaban J connectivity index is 1.34. The van der Waals surface area contributed by atoms with Gasteiger partial charge in [0.15, 0.2) is 5.76 Å². The van der Waals surface area contributed by atoms with E-state index in [1.54, 1.807) is 17.9 Å². The Bertz CT molecular complexity index is 927. The van der Waals surface area contributed by atoms with Gasteiger partial charge in [-0.3, -0.25) is 14.5 Å². The lowest BCUT2D eigenvalue weighted by atomic mass is 10.1. The highest BCUT2D eigenvalue weighted by Gasteiger charge is 2.33. The Morgan fingerprint density at radius 3 is 2.66 bits per heavy atom. The maximum Gasteiger partial charge on any atom is 0.289 e. The Kier molecular flexibility index (Phi) is 6.95. The summed E-state index contributed by atoms with van der Waals surface area (Å²) in [7, 11) is 0. The number of morpholine rings is 1. The lowest BCUT2D eigenvalue weighted by Crippen LogP contribution is -2.47. The number of carbonyl (C=O) groups is 2. The van der Waals surface area contributed by atoms with Crippen molar-refractivity contribution in [1.29, 1.82) is 0 Å². The summed E-state index contributed by atoms with van der Waals surface area (Å²) in [6, 6.07) is 3.59. The van der Waals surface area contributed by atoms with Gasteiger partial charge in [-0.2, -0.15) is 0 Å². The zero-order valence-electron chi connectivity index (χ0n) is 19.1. The molecule has 1 unspecified atom stereocenters. The number of aromatic nitrogens is 1. The molecule has 0 bridgehead atoms. The van der Waals surface area contributed by atoms with Gasteiger partial charge in [-0.05, 0) is 32.4 Å². The Labute approximate surface area is 188 Å². The van der Waals surface area contributed by atoms with Crippen LogP contribution in [0.3, 0.4) is 0 Å². The van der Waals surface area contributed by atoms with Crippen LogP contribution in [0.4, 0.5) is 0 Å². The number of hydrogen-bond acceptors (Lipinski definition) is 7. The van der Waals surface area contributed by atoms with E-state index in [4.69, 9.17) is 13.7 Å². The monoisotopic (exact) mass is 444 g/mol. The number of aryl methyl sites for hydroxylation is 2. The molecule has 2 aliphatic rings. The van der Waals surface area contributed by atoms with Crippen LogP contribution < -0.4 is 0 Å². The first-order valence-electron chi connectivity index (χ1n) is 11.3. The highest BCUT2D eigenvalue weighted by Crippen LogP contribution is 2.22. The smallest absolute Gasteiger partial charge is 0.289 e. The molecule has 4 rings (SSSR count). The van der Waals surface area contributed by atoms with Crippen LogP contribution in [0.2, 0.25) is 0 Å². The fraction of sp³-hybridized carbons (Fsp3) is 0.609. The number of amides is 2. The van der Waals surface area contributed by atoms with Crippen LogP contribution in [-0.4, -0.2) is 90.2 Å². The average Bonchev–Trinajstić information content (AvgIpc) is 3.52. The van der Waals surface area contributed by atoms with Gasteiger partial charge in [0.2, 0.25) is 5.91 Å². The lowest BCUT2D eigenvalue weighted by molar-refractivity contribution is -0.131. The maximum absolute atomic E-state index is 13.0. The van der Waals surface area contributed by atoms with Gasteiger partial charge in [-0.1, -0.05) is 5.16 Å². The zero-order chi connectivity index (χ0) is 22.7. The summed E-state index contributed by atoms with van der Waals surface area (Å²) in [6.45, 7) is 11.3. The second-order valence-electron chi connectivity index (χ2n) is 8.61. The van der Waals surface area contributed by atoms with Crippen molar-refractivity contribution in [3.05, 3.63) is 40.7 Å². The summed E-state index contributed by atoms with van der Waals surface area (Å²) in [4.78, 5) is 31.3. The number of nitrogens with zero attached hydrogens (tertiary/aromatic N) is 4. The standard InChI is InChI=1S/C23H32N4O5/c1-16-21(17(2)32-24-16)14-20-4-5-22(31-20)23(29)26-7-6-19(15-26)27(18(3)28)9-8-25-10-12-30-13-11-25/h4-5,19H,6-15H2,1-3H3. The van der Waals surface area contributed by atoms with E-state index in [9.17, 15) is 9.59 Å². The normalized spacial score (nSPS) is 19.5. The first-order valence-corrected chi connectivity index (χ1v) is 11.3. The van der Waals surface area contributed by atoms with Crippen molar-refractivity contribution in [2.45, 2.75) is 39.7 Å². The van der Waals surface area contributed by atoms with Crippen molar-refractivity contribution in [1.82, 2.24) is 19.9 Å². The van der Waals surface area contributed by atoms with Crippen LogP contribution in [0.25, 0.3) is 0 Å². The summed E-state index contributed by atoms with van der Waals surface area (Å²) < 4.78 is 16.5. The van der Waals surface area contributed by atoms with Crippen molar-refractivity contribution in [2.75, 3.05) is 52.5 Å². The topological polar surface area (TPSA) is 92.3 Å². The van der Waals surface area contributed by atoms with E-state index in [0.717, 1.165) is 56.3 Å². The third-order valence-electron chi connectivity index (χ3n) is 6.46. The van der Waals surface area contributed by atoms with Gasteiger partial charge in [-0.15, -0.1) is 0 Å². The van der Waals surface area contributed by atoms with E-state index >= 15 is 0 Å². The van der Waals surface area contributed by atoms with Gasteiger partial charge >= 0.3 is 0 Å². The predicted octanol–water partition coefficient (Wildman–Crippen LogP) is 1.87. The fourth-order valence-electron chi connectivity index (χ4n) is 4.52. The summed E-state index contributed by atoms with van der Waals surface area (Å²) in [5, 5.41) is 3.97. The molecule has 2 fully saturated rings. The molecular weight excluding hydrogens is 412 g/mol. The maximum atomic E-state index is 13.0. The second kappa shape index (κ2) is 9.87. The van der Waals surface area contributed by atoms with Gasteiger partial charge in [-0.25, -0.2) is 0 Å². The van der Waals surface area contributed by atoms with Crippen LogP contribution in [0, 0.1) is 13.8 Å². The predicted molar refractivity (Wildman–Crippen MR) is 116 cm³/mol. The van der Waals surface area contributed by atoms with Crippen LogP contribution >= 0.6 is 0 Å². The van der Waals surface area contributed by atoms with E-state index in [1.807, 2.05) is 24.8 Å².